The van der Waals surface area contributed by atoms with E-state index in [0.29, 0.717) is 12.5 Å². The molecule has 1 aliphatic heterocycles. The molecule has 3 rings (SSSR count). The fourth-order valence-corrected chi connectivity index (χ4v) is 3.07. The first-order valence-electron chi connectivity index (χ1n) is 7.10. The Balaban J connectivity index is 1.63. The van der Waals surface area contributed by atoms with Crippen molar-refractivity contribution in [3.63, 3.8) is 0 Å². The molecule has 0 amide bonds. The van der Waals surface area contributed by atoms with Crippen LogP contribution < -0.4 is 10.1 Å². The summed E-state index contributed by atoms with van der Waals surface area (Å²) in [5, 5.41) is 3.43. The lowest BCUT2D eigenvalue weighted by Crippen LogP contribution is -2.25. The molecule has 0 fully saturated rings. The molecule has 1 aliphatic rings. The van der Waals surface area contributed by atoms with Crippen LogP contribution in [0.25, 0.3) is 0 Å². The van der Waals surface area contributed by atoms with Crippen LogP contribution in [0.2, 0.25) is 0 Å². The quantitative estimate of drug-likeness (QED) is 0.890. The molecule has 21 heavy (non-hydrogen) atoms. The molecule has 2 aromatic carbocycles. The summed E-state index contributed by atoms with van der Waals surface area (Å²) in [6.07, 6.45) is 1.01. The van der Waals surface area contributed by atoms with Crippen molar-refractivity contribution in [3.05, 3.63) is 63.9 Å². The minimum atomic E-state index is -0.202. The number of rotatable bonds is 4. The van der Waals surface area contributed by atoms with Crippen LogP contribution in [0, 0.1) is 5.82 Å². The Morgan fingerprint density at radius 3 is 3.00 bits per heavy atom. The highest BCUT2D eigenvalue weighted by atomic mass is 79.9. The molecule has 1 unspecified atom stereocenters. The van der Waals surface area contributed by atoms with E-state index in [2.05, 4.69) is 27.3 Å². The molecular weight excluding hydrogens is 333 g/mol. The standard InChI is InChI=1S/C17H17BrFNO/c18-16-6-5-14(19)9-13(16)11-20-10-12-7-8-21-17-4-2-1-3-15(12)17/h1-6,9,12,20H,7-8,10-11H2. The molecule has 0 aromatic heterocycles. The van der Waals surface area contributed by atoms with Crippen LogP contribution in [-0.4, -0.2) is 13.2 Å². The smallest absolute Gasteiger partial charge is 0.123 e. The van der Waals surface area contributed by atoms with Gasteiger partial charge in [0.05, 0.1) is 6.61 Å². The highest BCUT2D eigenvalue weighted by Gasteiger charge is 2.20. The summed E-state index contributed by atoms with van der Waals surface area (Å²) in [4.78, 5) is 0. The summed E-state index contributed by atoms with van der Waals surface area (Å²) in [5.41, 5.74) is 2.20. The Morgan fingerprint density at radius 1 is 1.24 bits per heavy atom. The summed E-state index contributed by atoms with van der Waals surface area (Å²) in [6, 6.07) is 13.0. The van der Waals surface area contributed by atoms with Gasteiger partial charge in [0.2, 0.25) is 0 Å². The van der Waals surface area contributed by atoms with Crippen molar-refractivity contribution in [2.24, 2.45) is 0 Å². The maximum atomic E-state index is 13.3. The van der Waals surface area contributed by atoms with E-state index < -0.39 is 0 Å². The first-order valence-corrected chi connectivity index (χ1v) is 7.89. The molecule has 110 valence electrons. The van der Waals surface area contributed by atoms with Crippen LogP contribution in [0.15, 0.2) is 46.9 Å². The third-order valence-corrected chi connectivity index (χ3v) is 4.57. The zero-order valence-electron chi connectivity index (χ0n) is 11.6. The van der Waals surface area contributed by atoms with E-state index in [1.54, 1.807) is 12.1 Å². The molecule has 2 aromatic rings. The van der Waals surface area contributed by atoms with Gasteiger partial charge in [0.1, 0.15) is 11.6 Å². The van der Waals surface area contributed by atoms with Crippen LogP contribution >= 0.6 is 15.9 Å². The Hall–Kier alpha value is -1.39. The summed E-state index contributed by atoms with van der Waals surface area (Å²) >= 11 is 3.46. The molecular formula is C17H17BrFNO. The zero-order valence-corrected chi connectivity index (χ0v) is 13.2. The maximum Gasteiger partial charge on any atom is 0.123 e. The third-order valence-electron chi connectivity index (χ3n) is 3.80. The van der Waals surface area contributed by atoms with Crippen molar-refractivity contribution in [2.75, 3.05) is 13.2 Å². The molecule has 0 aliphatic carbocycles. The van der Waals surface area contributed by atoms with Crippen molar-refractivity contribution in [1.82, 2.24) is 5.32 Å². The largest absolute Gasteiger partial charge is 0.493 e. The highest BCUT2D eigenvalue weighted by molar-refractivity contribution is 9.10. The number of para-hydroxylation sites is 1. The molecule has 0 bridgehead atoms. The lowest BCUT2D eigenvalue weighted by Gasteiger charge is -2.26. The third kappa shape index (κ3) is 3.44. The maximum absolute atomic E-state index is 13.3. The fraction of sp³-hybridized carbons (Fsp3) is 0.294. The number of ether oxygens (including phenoxy) is 1. The van der Waals surface area contributed by atoms with Crippen molar-refractivity contribution < 1.29 is 9.13 Å². The first kappa shape index (κ1) is 14.5. The molecule has 1 N–H and O–H groups in total. The summed E-state index contributed by atoms with van der Waals surface area (Å²) < 4.78 is 19.9. The normalized spacial score (nSPS) is 17.1. The second kappa shape index (κ2) is 6.58. The number of fused-ring (bicyclic) bond motifs is 1. The minimum Gasteiger partial charge on any atom is -0.493 e. The van der Waals surface area contributed by atoms with Gasteiger partial charge in [0, 0.05) is 23.5 Å². The van der Waals surface area contributed by atoms with E-state index in [1.807, 2.05) is 18.2 Å². The van der Waals surface area contributed by atoms with Gasteiger partial charge in [0.25, 0.3) is 0 Å². The van der Waals surface area contributed by atoms with E-state index in [0.717, 1.165) is 35.4 Å². The number of halogens is 2. The molecule has 1 heterocycles. The highest BCUT2D eigenvalue weighted by Crippen LogP contribution is 2.32. The molecule has 0 spiro atoms. The Bertz CT molecular complexity index is 632. The number of hydrogen-bond donors (Lipinski definition) is 1. The van der Waals surface area contributed by atoms with Crippen molar-refractivity contribution in [1.29, 1.82) is 0 Å². The van der Waals surface area contributed by atoms with Crippen molar-refractivity contribution in [2.45, 2.75) is 18.9 Å². The van der Waals surface area contributed by atoms with Gasteiger partial charge in [-0.2, -0.15) is 0 Å². The molecule has 0 saturated carbocycles. The topological polar surface area (TPSA) is 21.3 Å². The lowest BCUT2D eigenvalue weighted by atomic mass is 9.93. The van der Waals surface area contributed by atoms with Gasteiger partial charge in [-0.3, -0.25) is 0 Å². The molecule has 0 saturated heterocycles. The number of hydrogen-bond acceptors (Lipinski definition) is 2. The van der Waals surface area contributed by atoms with Crippen LogP contribution in [0.3, 0.4) is 0 Å². The number of nitrogens with one attached hydrogen (secondary N) is 1. The molecule has 4 heteroatoms. The van der Waals surface area contributed by atoms with Gasteiger partial charge in [0.15, 0.2) is 0 Å². The Kier molecular flexibility index (Phi) is 4.56. The first-order chi connectivity index (χ1) is 10.2. The van der Waals surface area contributed by atoms with Crippen molar-refractivity contribution >= 4 is 15.9 Å². The van der Waals surface area contributed by atoms with Gasteiger partial charge in [-0.25, -0.2) is 4.39 Å². The van der Waals surface area contributed by atoms with E-state index in [4.69, 9.17) is 4.74 Å². The average Bonchev–Trinajstić information content (AvgIpc) is 2.51. The Labute approximate surface area is 132 Å². The Morgan fingerprint density at radius 2 is 2.10 bits per heavy atom. The van der Waals surface area contributed by atoms with Gasteiger partial charge in [-0.15, -0.1) is 0 Å². The summed E-state index contributed by atoms with van der Waals surface area (Å²) in [7, 11) is 0. The molecule has 1 atom stereocenters. The van der Waals surface area contributed by atoms with Crippen molar-refractivity contribution in [3.8, 4) is 5.75 Å². The summed E-state index contributed by atoms with van der Waals surface area (Å²) in [6.45, 7) is 2.27. The van der Waals surface area contributed by atoms with Gasteiger partial charge in [-0.05, 0) is 41.8 Å². The predicted molar refractivity (Wildman–Crippen MR) is 85.1 cm³/mol. The lowest BCUT2D eigenvalue weighted by molar-refractivity contribution is 0.264. The molecule has 0 radical (unpaired) electrons. The van der Waals surface area contributed by atoms with E-state index >= 15 is 0 Å². The van der Waals surface area contributed by atoms with Gasteiger partial charge >= 0.3 is 0 Å². The number of benzene rings is 2. The summed E-state index contributed by atoms with van der Waals surface area (Å²) in [5.74, 6) is 1.23. The van der Waals surface area contributed by atoms with Crippen LogP contribution in [-0.2, 0) is 6.54 Å². The zero-order chi connectivity index (χ0) is 14.7. The fourth-order valence-electron chi connectivity index (χ4n) is 2.69. The van der Waals surface area contributed by atoms with E-state index in [1.165, 1.54) is 11.6 Å². The SMILES string of the molecule is Fc1ccc(Br)c(CNCC2CCOc3ccccc32)c1. The monoisotopic (exact) mass is 349 g/mol. The minimum absolute atomic E-state index is 0.202. The van der Waals surface area contributed by atoms with Gasteiger partial charge in [-0.1, -0.05) is 34.1 Å². The van der Waals surface area contributed by atoms with Crippen LogP contribution in [0.5, 0.6) is 5.75 Å². The molecule has 2 nitrogen and oxygen atoms in total. The van der Waals surface area contributed by atoms with Crippen LogP contribution in [0.1, 0.15) is 23.5 Å². The second-order valence-corrected chi connectivity index (χ2v) is 6.09. The second-order valence-electron chi connectivity index (χ2n) is 5.24. The average molecular weight is 350 g/mol. The van der Waals surface area contributed by atoms with E-state index in [9.17, 15) is 4.39 Å². The van der Waals surface area contributed by atoms with E-state index in [-0.39, 0.29) is 5.82 Å². The van der Waals surface area contributed by atoms with Gasteiger partial charge < -0.3 is 10.1 Å². The predicted octanol–water partition coefficient (Wildman–Crippen LogP) is 4.24. The van der Waals surface area contributed by atoms with Crippen LogP contribution in [0.4, 0.5) is 4.39 Å².